The van der Waals surface area contributed by atoms with E-state index < -0.39 is 0 Å². The van der Waals surface area contributed by atoms with Crippen molar-refractivity contribution in [2.45, 2.75) is 6.54 Å². The maximum Gasteiger partial charge on any atom is 0.0949 e. The van der Waals surface area contributed by atoms with Gasteiger partial charge in [0.1, 0.15) is 0 Å². The van der Waals surface area contributed by atoms with Crippen molar-refractivity contribution >= 4 is 58.6 Å². The summed E-state index contributed by atoms with van der Waals surface area (Å²) < 4.78 is 1.92. The van der Waals surface area contributed by atoms with E-state index in [1.807, 2.05) is 35.0 Å². The zero-order chi connectivity index (χ0) is 16.9. The van der Waals surface area contributed by atoms with Crippen LogP contribution in [0.5, 0.6) is 0 Å². The monoisotopic (exact) mass is 414 g/mol. The van der Waals surface area contributed by atoms with Gasteiger partial charge in [-0.25, -0.2) is 4.98 Å². The van der Waals surface area contributed by atoms with Crippen LogP contribution in [0.4, 0.5) is 5.69 Å². The van der Waals surface area contributed by atoms with Gasteiger partial charge in [0, 0.05) is 17.4 Å². The molecule has 1 aromatic heterocycles. The van der Waals surface area contributed by atoms with Crippen molar-refractivity contribution in [3.8, 4) is 0 Å². The lowest BCUT2D eigenvalue weighted by molar-refractivity contribution is 0.848. The van der Waals surface area contributed by atoms with Crippen LogP contribution in [-0.4, -0.2) is 15.3 Å². The number of aromatic nitrogens is 2. The van der Waals surface area contributed by atoms with E-state index in [1.54, 1.807) is 30.7 Å². The Morgan fingerprint density at radius 3 is 2.32 bits per heavy atom. The minimum atomic E-state index is 0. The van der Waals surface area contributed by atoms with Gasteiger partial charge in [0.2, 0.25) is 0 Å². The highest BCUT2D eigenvalue weighted by molar-refractivity contribution is 6.39. The molecule has 3 aromatic rings. The molecular formula is C17H14Cl4N4. The molecule has 8 heteroatoms. The molecule has 0 fully saturated rings. The number of rotatable bonds is 5. The number of nitrogens with zero attached hydrogens (tertiary/aromatic N) is 3. The molecule has 0 radical (unpaired) electrons. The highest BCUT2D eigenvalue weighted by atomic mass is 35.5. The molecule has 0 saturated carbocycles. The van der Waals surface area contributed by atoms with Crippen LogP contribution in [0, 0.1) is 0 Å². The number of hydrogen-bond donors (Lipinski definition) is 1. The summed E-state index contributed by atoms with van der Waals surface area (Å²) in [7, 11) is 0. The van der Waals surface area contributed by atoms with Crippen LogP contribution in [0.25, 0.3) is 0 Å². The molecule has 0 unspecified atom stereocenters. The van der Waals surface area contributed by atoms with E-state index in [0.29, 0.717) is 27.3 Å². The molecule has 2 aromatic carbocycles. The quantitative estimate of drug-likeness (QED) is 0.423. The lowest BCUT2D eigenvalue weighted by atomic mass is 10.1. The molecule has 1 N–H and O–H groups in total. The summed E-state index contributed by atoms with van der Waals surface area (Å²) >= 11 is 18.3. The van der Waals surface area contributed by atoms with Crippen LogP contribution in [-0.2, 0) is 6.54 Å². The first-order chi connectivity index (χ1) is 11.6. The van der Waals surface area contributed by atoms with Crippen molar-refractivity contribution in [1.82, 2.24) is 9.55 Å². The molecule has 0 atom stereocenters. The number of benzene rings is 2. The zero-order valence-electron chi connectivity index (χ0n) is 12.9. The molecule has 0 bridgehead atoms. The summed E-state index contributed by atoms with van der Waals surface area (Å²) in [4.78, 5) is 4.05. The Morgan fingerprint density at radius 2 is 1.72 bits per heavy atom. The lowest BCUT2D eigenvalue weighted by Gasteiger charge is -2.11. The Balaban J connectivity index is 0.00000225. The normalized spacial score (nSPS) is 11.1. The Bertz CT molecular complexity index is 825. The number of nitrogens with one attached hydrogen (secondary N) is 1. The average molecular weight is 416 g/mol. The fraction of sp³-hybridized carbons (Fsp3) is 0.0588. The van der Waals surface area contributed by atoms with Gasteiger partial charge in [0.05, 0.1) is 34.3 Å². The molecule has 0 aliphatic rings. The topological polar surface area (TPSA) is 42.2 Å². The third kappa shape index (κ3) is 5.13. The lowest BCUT2D eigenvalue weighted by Crippen LogP contribution is -2.12. The van der Waals surface area contributed by atoms with Crippen LogP contribution >= 0.6 is 47.2 Å². The van der Waals surface area contributed by atoms with Gasteiger partial charge in [-0.15, -0.1) is 12.4 Å². The predicted molar refractivity (Wildman–Crippen MR) is 108 cm³/mol. The first-order valence-corrected chi connectivity index (χ1v) is 8.25. The van der Waals surface area contributed by atoms with Crippen LogP contribution in [0.1, 0.15) is 5.56 Å². The van der Waals surface area contributed by atoms with Crippen LogP contribution < -0.4 is 5.43 Å². The summed E-state index contributed by atoms with van der Waals surface area (Å²) in [6.07, 6.45) is 5.32. The molecule has 0 aliphatic carbocycles. The van der Waals surface area contributed by atoms with Gasteiger partial charge in [0.15, 0.2) is 0 Å². The fourth-order valence-electron chi connectivity index (χ4n) is 2.11. The molecular weight excluding hydrogens is 402 g/mol. The van der Waals surface area contributed by atoms with Crippen LogP contribution in [0.3, 0.4) is 0 Å². The Kier molecular flexibility index (Phi) is 7.14. The Hall–Kier alpha value is -1.72. The van der Waals surface area contributed by atoms with E-state index in [2.05, 4.69) is 15.5 Å². The second-order valence-corrected chi connectivity index (χ2v) is 6.26. The van der Waals surface area contributed by atoms with E-state index in [9.17, 15) is 0 Å². The number of imidazole rings is 1. The molecule has 130 valence electrons. The smallest absolute Gasteiger partial charge is 0.0949 e. The second kappa shape index (κ2) is 9.11. The van der Waals surface area contributed by atoms with Gasteiger partial charge < -0.3 is 4.57 Å². The van der Waals surface area contributed by atoms with Crippen molar-refractivity contribution in [3.63, 3.8) is 0 Å². The highest BCUT2D eigenvalue weighted by Gasteiger charge is 2.08. The number of hydrazone groups is 1. The maximum atomic E-state index is 6.17. The van der Waals surface area contributed by atoms with Gasteiger partial charge in [-0.2, -0.15) is 5.10 Å². The second-order valence-electron chi connectivity index (χ2n) is 5.01. The molecule has 4 nitrogen and oxygen atoms in total. The third-order valence-electron chi connectivity index (χ3n) is 3.33. The average Bonchev–Trinajstić information content (AvgIpc) is 3.07. The Labute approximate surface area is 166 Å². The molecule has 3 rings (SSSR count). The summed E-state index contributed by atoms with van der Waals surface area (Å²) in [5, 5.41) is 6.17. The van der Waals surface area contributed by atoms with Crippen LogP contribution in [0.15, 0.2) is 66.3 Å². The summed E-state index contributed by atoms with van der Waals surface area (Å²) in [6, 6.07) is 12.8. The van der Waals surface area contributed by atoms with Gasteiger partial charge in [-0.05, 0) is 29.8 Å². The van der Waals surface area contributed by atoms with Crippen molar-refractivity contribution in [1.29, 1.82) is 0 Å². The predicted octanol–water partition coefficient (Wildman–Crippen LogP) is 5.78. The number of halogens is 4. The summed E-state index contributed by atoms with van der Waals surface area (Å²) in [5.41, 5.74) is 5.26. The standard InChI is InChI=1S/C17H13Cl3N4.ClH/c18-13-6-4-12(5-7-13)16(10-24-9-8-21-11-24)22-23-17-14(19)2-1-3-15(17)20;/h1-9,11,23H,10H2;1H/b22-16+;. The number of anilines is 1. The third-order valence-corrected chi connectivity index (χ3v) is 4.22. The molecule has 25 heavy (non-hydrogen) atoms. The van der Waals surface area contributed by atoms with Crippen molar-refractivity contribution in [2.75, 3.05) is 5.43 Å². The maximum absolute atomic E-state index is 6.17. The summed E-state index contributed by atoms with van der Waals surface area (Å²) in [5.74, 6) is 0. The first kappa shape index (κ1) is 19.6. The zero-order valence-corrected chi connectivity index (χ0v) is 15.9. The van der Waals surface area contributed by atoms with E-state index in [0.717, 1.165) is 11.3 Å². The van der Waals surface area contributed by atoms with Gasteiger partial charge in [-0.1, -0.05) is 53.0 Å². The van der Waals surface area contributed by atoms with Gasteiger partial charge >= 0.3 is 0 Å². The molecule has 0 amide bonds. The molecule has 0 saturated heterocycles. The van der Waals surface area contributed by atoms with Gasteiger partial charge in [-0.3, -0.25) is 5.43 Å². The van der Waals surface area contributed by atoms with E-state index in [4.69, 9.17) is 34.8 Å². The summed E-state index contributed by atoms with van der Waals surface area (Å²) in [6.45, 7) is 0.538. The van der Waals surface area contributed by atoms with Gasteiger partial charge in [0.25, 0.3) is 0 Å². The highest BCUT2D eigenvalue weighted by Crippen LogP contribution is 2.29. The SMILES string of the molecule is Cl.Clc1ccc(/C(Cn2ccnc2)=N/Nc2c(Cl)cccc2Cl)cc1. The number of hydrogen-bond acceptors (Lipinski definition) is 3. The fourth-order valence-corrected chi connectivity index (χ4v) is 2.72. The van der Waals surface area contributed by atoms with Crippen molar-refractivity contribution in [2.24, 2.45) is 5.10 Å². The minimum absolute atomic E-state index is 0. The number of para-hydroxylation sites is 1. The van der Waals surface area contributed by atoms with E-state index >= 15 is 0 Å². The Morgan fingerprint density at radius 1 is 1.04 bits per heavy atom. The van der Waals surface area contributed by atoms with Crippen molar-refractivity contribution in [3.05, 3.63) is 81.8 Å². The molecule has 1 heterocycles. The van der Waals surface area contributed by atoms with Crippen LogP contribution in [0.2, 0.25) is 15.1 Å². The molecule has 0 spiro atoms. The largest absolute Gasteiger partial charge is 0.331 e. The first-order valence-electron chi connectivity index (χ1n) is 7.12. The van der Waals surface area contributed by atoms with E-state index in [-0.39, 0.29) is 12.4 Å². The minimum Gasteiger partial charge on any atom is -0.331 e. The molecule has 0 aliphatic heterocycles. The van der Waals surface area contributed by atoms with Crippen molar-refractivity contribution < 1.29 is 0 Å². The van der Waals surface area contributed by atoms with E-state index in [1.165, 1.54) is 0 Å².